The molecule has 2 aromatic carbocycles. The van der Waals surface area contributed by atoms with Crippen molar-refractivity contribution in [2.24, 2.45) is 0 Å². The molecule has 0 amide bonds. The standard InChI is InChI=1S/C15H13BrO2/c1-10-5-3-4-6-12(10)15(17)11-7-8-14(18-2)13(16)9-11/h3-9H,1-2H3. The molecule has 0 aliphatic heterocycles. The Hall–Kier alpha value is -1.61. The first kappa shape index (κ1) is 12.8. The van der Waals surface area contributed by atoms with Crippen LogP contribution in [-0.4, -0.2) is 12.9 Å². The van der Waals surface area contributed by atoms with E-state index in [1.165, 1.54) is 0 Å². The van der Waals surface area contributed by atoms with E-state index in [1.54, 1.807) is 25.3 Å². The number of methoxy groups -OCH3 is 1. The first-order valence-electron chi connectivity index (χ1n) is 5.57. The molecule has 0 aromatic heterocycles. The van der Waals surface area contributed by atoms with Crippen molar-refractivity contribution < 1.29 is 9.53 Å². The molecule has 0 unspecified atom stereocenters. The second kappa shape index (κ2) is 5.36. The molecule has 0 aliphatic carbocycles. The van der Waals surface area contributed by atoms with Gasteiger partial charge in [-0.25, -0.2) is 0 Å². The van der Waals surface area contributed by atoms with Crippen LogP contribution in [0.3, 0.4) is 0 Å². The maximum atomic E-state index is 12.4. The lowest BCUT2D eigenvalue weighted by atomic mass is 9.99. The molecule has 2 rings (SSSR count). The van der Waals surface area contributed by atoms with Gasteiger partial charge in [-0.1, -0.05) is 24.3 Å². The number of carbonyl (C=O) groups excluding carboxylic acids is 1. The van der Waals surface area contributed by atoms with Crippen molar-refractivity contribution in [3.8, 4) is 5.75 Å². The van der Waals surface area contributed by atoms with Crippen molar-refractivity contribution in [1.29, 1.82) is 0 Å². The Labute approximate surface area is 115 Å². The molecule has 18 heavy (non-hydrogen) atoms. The number of aryl methyl sites for hydroxylation is 1. The maximum Gasteiger partial charge on any atom is 0.193 e. The largest absolute Gasteiger partial charge is 0.496 e. The first-order valence-corrected chi connectivity index (χ1v) is 6.36. The number of halogens is 1. The van der Waals surface area contributed by atoms with Gasteiger partial charge in [0.15, 0.2) is 5.78 Å². The van der Waals surface area contributed by atoms with Gasteiger partial charge in [-0.2, -0.15) is 0 Å². The summed E-state index contributed by atoms with van der Waals surface area (Å²) in [6.45, 7) is 1.94. The Morgan fingerprint density at radius 2 is 1.89 bits per heavy atom. The van der Waals surface area contributed by atoms with Crippen LogP contribution in [0.25, 0.3) is 0 Å². The molecule has 0 spiro atoms. The minimum absolute atomic E-state index is 0.0245. The third-order valence-corrected chi connectivity index (χ3v) is 3.42. The molecule has 0 saturated heterocycles. The van der Waals surface area contributed by atoms with Crippen molar-refractivity contribution in [2.45, 2.75) is 6.92 Å². The summed E-state index contributed by atoms with van der Waals surface area (Å²) in [5.74, 6) is 0.743. The summed E-state index contributed by atoms with van der Waals surface area (Å²) >= 11 is 3.39. The van der Waals surface area contributed by atoms with Crippen LogP contribution in [0.4, 0.5) is 0 Å². The maximum absolute atomic E-state index is 12.4. The number of hydrogen-bond donors (Lipinski definition) is 0. The molecular formula is C15H13BrO2. The van der Waals surface area contributed by atoms with Crippen LogP contribution in [0.2, 0.25) is 0 Å². The predicted octanol–water partition coefficient (Wildman–Crippen LogP) is 4.00. The lowest BCUT2D eigenvalue weighted by Gasteiger charge is -2.07. The second-order valence-electron chi connectivity index (χ2n) is 3.99. The van der Waals surface area contributed by atoms with Gasteiger partial charge in [-0.15, -0.1) is 0 Å². The van der Waals surface area contributed by atoms with E-state index >= 15 is 0 Å². The van der Waals surface area contributed by atoms with E-state index < -0.39 is 0 Å². The average molecular weight is 305 g/mol. The van der Waals surface area contributed by atoms with E-state index in [9.17, 15) is 4.79 Å². The number of ether oxygens (including phenoxy) is 1. The number of ketones is 1. The van der Waals surface area contributed by atoms with Crippen molar-refractivity contribution in [1.82, 2.24) is 0 Å². The van der Waals surface area contributed by atoms with Crippen LogP contribution in [0.5, 0.6) is 5.75 Å². The first-order chi connectivity index (χ1) is 8.63. The summed E-state index contributed by atoms with van der Waals surface area (Å²) in [5, 5.41) is 0. The van der Waals surface area contributed by atoms with E-state index in [4.69, 9.17) is 4.74 Å². The molecule has 0 saturated carbocycles. The number of hydrogen-bond acceptors (Lipinski definition) is 2. The summed E-state index contributed by atoms with van der Waals surface area (Å²) in [5.41, 5.74) is 2.36. The van der Waals surface area contributed by atoms with Gasteiger partial charge in [0, 0.05) is 11.1 Å². The van der Waals surface area contributed by atoms with Gasteiger partial charge < -0.3 is 4.74 Å². The highest BCUT2D eigenvalue weighted by Crippen LogP contribution is 2.26. The fourth-order valence-corrected chi connectivity index (χ4v) is 2.33. The Kier molecular flexibility index (Phi) is 3.82. The van der Waals surface area contributed by atoms with Gasteiger partial charge in [-0.3, -0.25) is 4.79 Å². The zero-order valence-corrected chi connectivity index (χ0v) is 11.8. The Morgan fingerprint density at radius 1 is 1.17 bits per heavy atom. The van der Waals surface area contributed by atoms with Gasteiger partial charge in [0.25, 0.3) is 0 Å². The van der Waals surface area contributed by atoms with Gasteiger partial charge in [-0.05, 0) is 46.6 Å². The average Bonchev–Trinajstić information content (AvgIpc) is 2.38. The van der Waals surface area contributed by atoms with Crippen LogP contribution in [0, 0.1) is 6.92 Å². The van der Waals surface area contributed by atoms with E-state index in [1.807, 2.05) is 31.2 Å². The van der Waals surface area contributed by atoms with E-state index in [-0.39, 0.29) is 5.78 Å². The zero-order chi connectivity index (χ0) is 13.1. The summed E-state index contributed by atoms with van der Waals surface area (Å²) in [6, 6.07) is 12.9. The summed E-state index contributed by atoms with van der Waals surface area (Å²) < 4.78 is 5.93. The van der Waals surface area contributed by atoms with Crippen LogP contribution in [0.15, 0.2) is 46.9 Å². The Bertz CT molecular complexity index is 591. The molecule has 0 fully saturated rings. The van der Waals surface area contributed by atoms with Gasteiger partial charge in [0.05, 0.1) is 11.6 Å². The molecule has 2 aromatic rings. The number of carbonyl (C=O) groups is 1. The van der Waals surface area contributed by atoms with Crippen molar-refractivity contribution >= 4 is 21.7 Å². The molecule has 0 bridgehead atoms. The molecule has 0 atom stereocenters. The SMILES string of the molecule is COc1ccc(C(=O)c2ccccc2C)cc1Br. The van der Waals surface area contributed by atoms with Crippen molar-refractivity contribution in [2.75, 3.05) is 7.11 Å². The topological polar surface area (TPSA) is 26.3 Å². The molecule has 2 nitrogen and oxygen atoms in total. The minimum atomic E-state index is 0.0245. The summed E-state index contributed by atoms with van der Waals surface area (Å²) in [4.78, 5) is 12.4. The lowest BCUT2D eigenvalue weighted by Crippen LogP contribution is -2.03. The molecule has 92 valence electrons. The number of benzene rings is 2. The fraction of sp³-hybridized carbons (Fsp3) is 0.133. The molecule has 0 heterocycles. The van der Waals surface area contributed by atoms with Gasteiger partial charge in [0.1, 0.15) is 5.75 Å². The van der Waals surface area contributed by atoms with Crippen molar-refractivity contribution in [3.63, 3.8) is 0 Å². The Balaban J connectivity index is 2.41. The highest BCUT2D eigenvalue weighted by atomic mass is 79.9. The molecule has 0 radical (unpaired) electrons. The zero-order valence-electron chi connectivity index (χ0n) is 10.2. The third kappa shape index (κ3) is 2.46. The summed E-state index contributed by atoms with van der Waals surface area (Å²) in [6.07, 6.45) is 0. The predicted molar refractivity (Wildman–Crippen MR) is 75.3 cm³/mol. The highest BCUT2D eigenvalue weighted by molar-refractivity contribution is 9.10. The second-order valence-corrected chi connectivity index (χ2v) is 4.85. The molecule has 3 heteroatoms. The van der Waals surface area contributed by atoms with Gasteiger partial charge in [0.2, 0.25) is 0 Å². The van der Waals surface area contributed by atoms with Crippen LogP contribution in [0.1, 0.15) is 21.5 Å². The summed E-state index contributed by atoms with van der Waals surface area (Å²) in [7, 11) is 1.60. The van der Waals surface area contributed by atoms with Gasteiger partial charge >= 0.3 is 0 Å². The monoisotopic (exact) mass is 304 g/mol. The highest BCUT2D eigenvalue weighted by Gasteiger charge is 2.12. The molecular weight excluding hydrogens is 292 g/mol. The van der Waals surface area contributed by atoms with Crippen LogP contribution < -0.4 is 4.74 Å². The third-order valence-electron chi connectivity index (χ3n) is 2.80. The Morgan fingerprint density at radius 3 is 2.50 bits per heavy atom. The molecule has 0 N–H and O–H groups in total. The van der Waals surface area contributed by atoms with E-state index in [0.29, 0.717) is 5.56 Å². The fourth-order valence-electron chi connectivity index (χ4n) is 1.79. The smallest absolute Gasteiger partial charge is 0.193 e. The normalized spacial score (nSPS) is 10.2. The van der Waals surface area contributed by atoms with Crippen LogP contribution in [-0.2, 0) is 0 Å². The van der Waals surface area contributed by atoms with Crippen LogP contribution >= 0.6 is 15.9 Å². The van der Waals surface area contributed by atoms with Crippen molar-refractivity contribution in [3.05, 3.63) is 63.6 Å². The lowest BCUT2D eigenvalue weighted by molar-refractivity contribution is 0.103. The van der Waals surface area contributed by atoms with E-state index in [0.717, 1.165) is 21.3 Å². The van der Waals surface area contributed by atoms with E-state index in [2.05, 4.69) is 15.9 Å². The molecule has 0 aliphatic rings. The minimum Gasteiger partial charge on any atom is -0.496 e. The number of rotatable bonds is 3. The quantitative estimate of drug-likeness (QED) is 0.801.